The summed E-state index contributed by atoms with van der Waals surface area (Å²) in [7, 11) is 0. The van der Waals surface area contributed by atoms with E-state index in [4.69, 9.17) is 9.47 Å². The fraction of sp³-hybridized carbons (Fsp3) is 0.400. The lowest BCUT2D eigenvalue weighted by atomic mass is 10.2. The molecule has 0 radical (unpaired) electrons. The van der Waals surface area contributed by atoms with Gasteiger partial charge in [-0.3, -0.25) is 0 Å². The van der Waals surface area contributed by atoms with Gasteiger partial charge in [-0.15, -0.1) is 0 Å². The average Bonchev–Trinajstić information content (AvgIpc) is 2.54. The van der Waals surface area contributed by atoms with Crippen molar-refractivity contribution in [3.8, 4) is 5.75 Å². The van der Waals surface area contributed by atoms with Crippen molar-refractivity contribution >= 4 is 0 Å². The van der Waals surface area contributed by atoms with E-state index in [-0.39, 0.29) is 6.10 Å². The maximum atomic E-state index is 9.40. The zero-order chi connectivity index (χ0) is 9.10. The average molecular weight is 180 g/mol. The highest BCUT2D eigenvalue weighted by Crippen LogP contribution is 2.16. The Morgan fingerprint density at radius 1 is 1.23 bits per heavy atom. The molecule has 2 unspecified atom stereocenters. The van der Waals surface area contributed by atoms with Crippen LogP contribution in [0.25, 0.3) is 0 Å². The largest absolute Gasteiger partial charge is 0.485 e. The minimum atomic E-state index is -0.500. The lowest BCUT2D eigenvalue weighted by Gasteiger charge is -2.14. The summed E-state index contributed by atoms with van der Waals surface area (Å²) in [4.78, 5) is 0. The van der Waals surface area contributed by atoms with Crippen LogP contribution in [-0.4, -0.2) is 30.5 Å². The number of benzene rings is 1. The molecule has 70 valence electrons. The third kappa shape index (κ3) is 1.99. The maximum absolute atomic E-state index is 9.40. The lowest BCUT2D eigenvalue weighted by molar-refractivity contribution is 0.0733. The van der Waals surface area contributed by atoms with Crippen molar-refractivity contribution in [2.24, 2.45) is 0 Å². The Morgan fingerprint density at radius 2 is 2.00 bits per heavy atom. The summed E-state index contributed by atoms with van der Waals surface area (Å²) in [5.41, 5.74) is 0. The topological polar surface area (TPSA) is 38.7 Å². The van der Waals surface area contributed by atoms with E-state index >= 15 is 0 Å². The second-order valence-electron chi connectivity index (χ2n) is 3.07. The number of rotatable bonds is 2. The fourth-order valence-corrected chi connectivity index (χ4v) is 1.31. The first-order valence-corrected chi connectivity index (χ1v) is 4.34. The van der Waals surface area contributed by atoms with Crippen LogP contribution in [0.15, 0.2) is 30.3 Å². The van der Waals surface area contributed by atoms with Crippen molar-refractivity contribution in [3.63, 3.8) is 0 Å². The Balaban J connectivity index is 1.98. The molecule has 1 heterocycles. The number of aliphatic hydroxyl groups excluding tert-OH is 1. The highest BCUT2D eigenvalue weighted by molar-refractivity contribution is 5.21. The fourth-order valence-electron chi connectivity index (χ4n) is 1.31. The zero-order valence-corrected chi connectivity index (χ0v) is 7.22. The second kappa shape index (κ2) is 3.77. The van der Waals surface area contributed by atoms with E-state index in [0.29, 0.717) is 13.2 Å². The van der Waals surface area contributed by atoms with Crippen LogP contribution in [0.5, 0.6) is 5.75 Å². The Morgan fingerprint density at radius 3 is 2.62 bits per heavy atom. The summed E-state index contributed by atoms with van der Waals surface area (Å²) in [5, 5.41) is 9.40. The molecule has 0 aromatic heterocycles. The molecule has 1 fully saturated rings. The first-order valence-electron chi connectivity index (χ1n) is 4.34. The number of ether oxygens (including phenoxy) is 2. The molecule has 1 saturated heterocycles. The highest BCUT2D eigenvalue weighted by atomic mass is 16.6. The molecule has 1 N–H and O–H groups in total. The van der Waals surface area contributed by atoms with Gasteiger partial charge in [-0.25, -0.2) is 0 Å². The molecule has 0 saturated carbocycles. The number of hydrogen-bond acceptors (Lipinski definition) is 3. The summed E-state index contributed by atoms with van der Waals surface area (Å²) < 4.78 is 10.6. The van der Waals surface area contributed by atoms with E-state index in [2.05, 4.69) is 0 Å². The number of aliphatic hydroxyl groups is 1. The Hall–Kier alpha value is -1.06. The van der Waals surface area contributed by atoms with Crippen LogP contribution in [-0.2, 0) is 4.74 Å². The van der Waals surface area contributed by atoms with Crippen molar-refractivity contribution < 1.29 is 14.6 Å². The van der Waals surface area contributed by atoms with Crippen LogP contribution < -0.4 is 4.74 Å². The molecule has 13 heavy (non-hydrogen) atoms. The second-order valence-corrected chi connectivity index (χ2v) is 3.07. The number of hydrogen-bond donors (Lipinski definition) is 1. The Labute approximate surface area is 76.9 Å². The predicted molar refractivity (Wildman–Crippen MR) is 47.7 cm³/mol. The molecule has 3 heteroatoms. The van der Waals surface area contributed by atoms with Crippen LogP contribution in [0, 0.1) is 0 Å². The van der Waals surface area contributed by atoms with Crippen molar-refractivity contribution in [1.29, 1.82) is 0 Å². The quantitative estimate of drug-likeness (QED) is 0.732. The first-order chi connectivity index (χ1) is 6.36. The normalized spacial score (nSPS) is 27.5. The van der Waals surface area contributed by atoms with Gasteiger partial charge in [0.1, 0.15) is 18.0 Å². The van der Waals surface area contributed by atoms with Crippen LogP contribution in [0.4, 0.5) is 0 Å². The van der Waals surface area contributed by atoms with E-state index in [1.165, 1.54) is 0 Å². The highest BCUT2D eigenvalue weighted by Gasteiger charge is 2.27. The summed E-state index contributed by atoms with van der Waals surface area (Å²) in [6, 6.07) is 9.46. The predicted octanol–water partition coefficient (Wildman–Crippen LogP) is 0.825. The van der Waals surface area contributed by atoms with E-state index in [1.54, 1.807) is 0 Å². The molecule has 2 atom stereocenters. The van der Waals surface area contributed by atoms with Crippen LogP contribution in [0.3, 0.4) is 0 Å². The van der Waals surface area contributed by atoms with Gasteiger partial charge in [0.2, 0.25) is 0 Å². The third-order valence-electron chi connectivity index (χ3n) is 2.03. The van der Waals surface area contributed by atoms with Crippen molar-refractivity contribution in [1.82, 2.24) is 0 Å². The van der Waals surface area contributed by atoms with Crippen LogP contribution >= 0.6 is 0 Å². The summed E-state index contributed by atoms with van der Waals surface area (Å²) >= 11 is 0. The van der Waals surface area contributed by atoms with Crippen LogP contribution in [0.2, 0.25) is 0 Å². The van der Waals surface area contributed by atoms with Gasteiger partial charge in [-0.1, -0.05) is 18.2 Å². The van der Waals surface area contributed by atoms with E-state index in [9.17, 15) is 5.11 Å². The van der Waals surface area contributed by atoms with Gasteiger partial charge in [0, 0.05) is 0 Å². The molecule has 3 nitrogen and oxygen atoms in total. The van der Waals surface area contributed by atoms with Gasteiger partial charge in [0.15, 0.2) is 0 Å². The minimum absolute atomic E-state index is 0.220. The van der Waals surface area contributed by atoms with Gasteiger partial charge in [0.25, 0.3) is 0 Å². The van der Waals surface area contributed by atoms with E-state index in [0.717, 1.165) is 5.75 Å². The first kappa shape index (κ1) is 8.53. The molecule has 1 aromatic carbocycles. The summed E-state index contributed by atoms with van der Waals surface area (Å²) in [5.74, 6) is 0.775. The molecule has 1 aliphatic rings. The van der Waals surface area contributed by atoms with Gasteiger partial charge < -0.3 is 14.6 Å². The SMILES string of the molecule is OC1COCC1Oc1ccccc1. The maximum Gasteiger partial charge on any atom is 0.150 e. The van der Waals surface area contributed by atoms with Crippen molar-refractivity contribution in [2.75, 3.05) is 13.2 Å². The van der Waals surface area contributed by atoms with Crippen molar-refractivity contribution in [2.45, 2.75) is 12.2 Å². The van der Waals surface area contributed by atoms with E-state index < -0.39 is 6.10 Å². The molecular weight excluding hydrogens is 168 g/mol. The molecule has 0 spiro atoms. The summed E-state index contributed by atoms with van der Waals surface area (Å²) in [6.07, 6.45) is -0.720. The van der Waals surface area contributed by atoms with E-state index in [1.807, 2.05) is 30.3 Å². The van der Waals surface area contributed by atoms with Gasteiger partial charge in [0.05, 0.1) is 13.2 Å². The smallest absolute Gasteiger partial charge is 0.150 e. The van der Waals surface area contributed by atoms with Crippen molar-refractivity contribution in [3.05, 3.63) is 30.3 Å². The Kier molecular flexibility index (Phi) is 2.47. The minimum Gasteiger partial charge on any atom is -0.485 e. The van der Waals surface area contributed by atoms with Crippen LogP contribution in [0.1, 0.15) is 0 Å². The molecule has 1 aromatic rings. The van der Waals surface area contributed by atoms with Gasteiger partial charge in [-0.05, 0) is 12.1 Å². The molecule has 2 rings (SSSR count). The standard InChI is InChI=1S/C10H12O3/c11-9-6-12-7-10(9)13-8-4-2-1-3-5-8/h1-5,9-11H,6-7H2. The molecule has 1 aliphatic heterocycles. The lowest BCUT2D eigenvalue weighted by Crippen LogP contribution is -2.29. The Bertz CT molecular complexity index is 260. The summed E-state index contributed by atoms with van der Waals surface area (Å²) in [6.45, 7) is 0.841. The van der Waals surface area contributed by atoms with Gasteiger partial charge in [-0.2, -0.15) is 0 Å². The molecule has 0 amide bonds. The zero-order valence-electron chi connectivity index (χ0n) is 7.22. The monoisotopic (exact) mass is 180 g/mol. The van der Waals surface area contributed by atoms with Gasteiger partial charge >= 0.3 is 0 Å². The molecule has 0 bridgehead atoms. The molecule has 0 aliphatic carbocycles. The third-order valence-corrected chi connectivity index (χ3v) is 2.03. The number of para-hydroxylation sites is 1. The molecular formula is C10H12O3.